The van der Waals surface area contributed by atoms with E-state index in [9.17, 15) is 4.79 Å². The number of amides is 1. The van der Waals surface area contributed by atoms with Crippen molar-refractivity contribution in [2.24, 2.45) is 5.92 Å². The molecule has 2 rings (SSSR count). The van der Waals surface area contributed by atoms with Crippen LogP contribution in [0.3, 0.4) is 0 Å². The fourth-order valence-corrected chi connectivity index (χ4v) is 3.05. The van der Waals surface area contributed by atoms with Crippen LogP contribution in [-0.4, -0.2) is 41.3 Å². The Morgan fingerprint density at radius 3 is 2.67 bits per heavy atom. The van der Waals surface area contributed by atoms with Crippen molar-refractivity contribution in [3.05, 3.63) is 0 Å². The average molecular weight is 254 g/mol. The van der Waals surface area contributed by atoms with Crippen LogP contribution in [-0.2, 0) is 9.53 Å². The van der Waals surface area contributed by atoms with Gasteiger partial charge < -0.3 is 9.64 Å². The molecule has 0 aromatic carbocycles. The number of hydrogen-bond donors (Lipinski definition) is 1. The molecule has 0 bridgehead atoms. The predicted molar refractivity (Wildman–Crippen MR) is 71.1 cm³/mol. The van der Waals surface area contributed by atoms with E-state index >= 15 is 0 Å². The Bertz CT molecular complexity index is 332. The number of hydrogen-bond acceptors (Lipinski definition) is 3. The lowest BCUT2D eigenvalue weighted by Gasteiger charge is -2.33. The van der Waals surface area contributed by atoms with Gasteiger partial charge in [-0.05, 0) is 32.6 Å². The number of ether oxygens (including phenoxy) is 1. The van der Waals surface area contributed by atoms with E-state index in [1.54, 1.807) is 0 Å². The SMILES string of the molecule is CCC1(C)NC(C(C)C)N(C2CCOC2C)C1=O. The van der Waals surface area contributed by atoms with Crippen LogP contribution >= 0.6 is 0 Å². The first-order valence-corrected chi connectivity index (χ1v) is 7.12. The molecule has 2 heterocycles. The number of carbonyl (C=O) groups excluding carboxylic acids is 1. The molecule has 4 atom stereocenters. The highest BCUT2D eigenvalue weighted by atomic mass is 16.5. The molecule has 18 heavy (non-hydrogen) atoms. The second-order valence-electron chi connectivity index (χ2n) is 6.16. The minimum Gasteiger partial charge on any atom is -0.376 e. The molecule has 0 aliphatic carbocycles. The van der Waals surface area contributed by atoms with Crippen molar-refractivity contribution in [2.45, 2.75) is 71.3 Å². The third kappa shape index (κ3) is 2.05. The van der Waals surface area contributed by atoms with Crippen LogP contribution in [0, 0.1) is 5.92 Å². The van der Waals surface area contributed by atoms with Crippen molar-refractivity contribution >= 4 is 5.91 Å². The van der Waals surface area contributed by atoms with Gasteiger partial charge in [0, 0.05) is 6.61 Å². The highest BCUT2D eigenvalue weighted by Gasteiger charge is 2.51. The standard InChI is InChI=1S/C14H26N2O2/c1-6-14(5)13(17)16(12(15-14)9(2)3)11-7-8-18-10(11)4/h9-12,15H,6-8H2,1-5H3. The maximum absolute atomic E-state index is 12.7. The topological polar surface area (TPSA) is 41.6 Å². The van der Waals surface area contributed by atoms with Crippen molar-refractivity contribution in [2.75, 3.05) is 6.61 Å². The van der Waals surface area contributed by atoms with Crippen LogP contribution in [0.2, 0.25) is 0 Å². The summed E-state index contributed by atoms with van der Waals surface area (Å²) in [6, 6.07) is 0.228. The maximum Gasteiger partial charge on any atom is 0.244 e. The van der Waals surface area contributed by atoms with Gasteiger partial charge in [-0.2, -0.15) is 0 Å². The molecule has 2 aliphatic rings. The smallest absolute Gasteiger partial charge is 0.244 e. The van der Waals surface area contributed by atoms with Gasteiger partial charge in [-0.25, -0.2) is 0 Å². The van der Waals surface area contributed by atoms with Crippen LogP contribution in [0.1, 0.15) is 47.5 Å². The zero-order valence-electron chi connectivity index (χ0n) is 12.2. The van der Waals surface area contributed by atoms with Gasteiger partial charge in [0.1, 0.15) is 0 Å². The zero-order valence-corrected chi connectivity index (χ0v) is 12.2. The van der Waals surface area contributed by atoms with E-state index in [2.05, 4.69) is 37.9 Å². The molecule has 0 saturated carbocycles. The Hall–Kier alpha value is -0.610. The third-order valence-electron chi connectivity index (χ3n) is 4.50. The quantitative estimate of drug-likeness (QED) is 0.834. The predicted octanol–water partition coefficient (Wildman–Crippen LogP) is 1.75. The minimum absolute atomic E-state index is 0.136. The Labute approximate surface area is 110 Å². The molecule has 0 aromatic rings. The average Bonchev–Trinajstić information content (AvgIpc) is 2.83. The Morgan fingerprint density at radius 2 is 2.22 bits per heavy atom. The largest absolute Gasteiger partial charge is 0.376 e. The van der Waals surface area contributed by atoms with E-state index in [0.29, 0.717) is 5.92 Å². The van der Waals surface area contributed by atoms with Crippen LogP contribution < -0.4 is 5.32 Å². The molecule has 2 saturated heterocycles. The summed E-state index contributed by atoms with van der Waals surface area (Å²) in [6.45, 7) is 11.3. The summed E-state index contributed by atoms with van der Waals surface area (Å²) in [4.78, 5) is 14.8. The van der Waals surface area contributed by atoms with Crippen LogP contribution in [0.15, 0.2) is 0 Å². The molecule has 0 radical (unpaired) electrons. The Kier molecular flexibility index (Phi) is 3.70. The fraction of sp³-hybridized carbons (Fsp3) is 0.929. The summed E-state index contributed by atoms with van der Waals surface area (Å²) in [5, 5.41) is 3.53. The number of nitrogens with one attached hydrogen (secondary N) is 1. The first-order chi connectivity index (χ1) is 8.40. The van der Waals surface area contributed by atoms with Crippen LogP contribution in [0.4, 0.5) is 0 Å². The molecule has 2 aliphatic heterocycles. The lowest BCUT2D eigenvalue weighted by atomic mass is 9.98. The molecule has 1 N–H and O–H groups in total. The van der Waals surface area contributed by atoms with Crippen molar-refractivity contribution in [1.29, 1.82) is 0 Å². The molecule has 2 fully saturated rings. The number of nitrogens with zero attached hydrogens (tertiary/aromatic N) is 1. The zero-order chi connectivity index (χ0) is 13.5. The molecule has 4 unspecified atom stereocenters. The summed E-state index contributed by atoms with van der Waals surface area (Å²) in [7, 11) is 0. The van der Waals surface area contributed by atoms with Crippen molar-refractivity contribution in [3.8, 4) is 0 Å². The van der Waals surface area contributed by atoms with E-state index < -0.39 is 5.54 Å². The van der Waals surface area contributed by atoms with Crippen LogP contribution in [0.5, 0.6) is 0 Å². The van der Waals surface area contributed by atoms with Crippen molar-refractivity contribution < 1.29 is 9.53 Å². The summed E-state index contributed by atoms with van der Waals surface area (Å²) in [5.74, 6) is 0.654. The van der Waals surface area contributed by atoms with Gasteiger partial charge in [0.05, 0.1) is 23.9 Å². The third-order valence-corrected chi connectivity index (χ3v) is 4.50. The summed E-state index contributed by atoms with van der Waals surface area (Å²) in [6.07, 6.45) is 2.07. The van der Waals surface area contributed by atoms with Gasteiger partial charge in [-0.1, -0.05) is 20.8 Å². The highest BCUT2D eigenvalue weighted by Crippen LogP contribution is 2.33. The van der Waals surface area contributed by atoms with Gasteiger partial charge in [-0.3, -0.25) is 10.1 Å². The van der Waals surface area contributed by atoms with Crippen molar-refractivity contribution in [1.82, 2.24) is 10.2 Å². The maximum atomic E-state index is 12.7. The molecule has 0 spiro atoms. The summed E-state index contributed by atoms with van der Waals surface area (Å²) >= 11 is 0. The second-order valence-corrected chi connectivity index (χ2v) is 6.16. The first-order valence-electron chi connectivity index (χ1n) is 7.12. The summed E-state index contributed by atoms with van der Waals surface area (Å²) in [5.41, 5.74) is -0.406. The fourth-order valence-electron chi connectivity index (χ4n) is 3.05. The normalized spacial score (nSPS) is 41.1. The second kappa shape index (κ2) is 4.82. The van der Waals surface area contributed by atoms with Gasteiger partial charge in [0.25, 0.3) is 0 Å². The van der Waals surface area contributed by atoms with E-state index in [1.807, 2.05) is 6.92 Å². The molecule has 104 valence electrons. The molecule has 0 aromatic heterocycles. The molecular formula is C14H26N2O2. The number of rotatable bonds is 3. The number of carbonyl (C=O) groups is 1. The van der Waals surface area contributed by atoms with Gasteiger partial charge >= 0.3 is 0 Å². The lowest BCUT2D eigenvalue weighted by molar-refractivity contribution is -0.136. The molecular weight excluding hydrogens is 228 g/mol. The van der Waals surface area contributed by atoms with Crippen LogP contribution in [0.25, 0.3) is 0 Å². The van der Waals surface area contributed by atoms with E-state index in [-0.39, 0.29) is 24.2 Å². The van der Waals surface area contributed by atoms with E-state index in [4.69, 9.17) is 4.74 Å². The van der Waals surface area contributed by atoms with Gasteiger partial charge in [-0.15, -0.1) is 0 Å². The minimum atomic E-state index is -0.406. The van der Waals surface area contributed by atoms with E-state index in [0.717, 1.165) is 19.4 Å². The molecule has 4 heteroatoms. The van der Waals surface area contributed by atoms with Gasteiger partial charge in [0.15, 0.2) is 0 Å². The van der Waals surface area contributed by atoms with Crippen molar-refractivity contribution in [3.63, 3.8) is 0 Å². The summed E-state index contributed by atoms with van der Waals surface area (Å²) < 4.78 is 5.63. The molecule has 4 nitrogen and oxygen atoms in total. The highest BCUT2D eigenvalue weighted by molar-refractivity contribution is 5.88. The first kappa shape index (κ1) is 13.8. The van der Waals surface area contributed by atoms with Gasteiger partial charge in [0.2, 0.25) is 5.91 Å². The Balaban J connectivity index is 2.27. The monoisotopic (exact) mass is 254 g/mol. The Morgan fingerprint density at radius 1 is 1.56 bits per heavy atom. The van der Waals surface area contributed by atoms with E-state index in [1.165, 1.54) is 0 Å². The molecule has 1 amide bonds. The lowest BCUT2D eigenvalue weighted by Crippen LogP contribution is -2.49.